The third-order valence-corrected chi connectivity index (χ3v) is 7.72. The largest absolute Gasteiger partial charge is 0.289 e. The van der Waals surface area contributed by atoms with E-state index < -0.39 is 5.41 Å². The summed E-state index contributed by atoms with van der Waals surface area (Å²) in [6.45, 7) is 6.89. The fourth-order valence-electron chi connectivity index (χ4n) is 6.04. The first-order chi connectivity index (χ1) is 10.4. The Morgan fingerprint density at radius 3 is 2.68 bits per heavy atom. The number of rotatable bonds is 0. The Bertz CT molecular complexity index is 626. The third-order valence-electron chi connectivity index (χ3n) is 7.72. The predicted molar refractivity (Wildman–Crippen MR) is 86.2 cm³/mol. The molecule has 22 heavy (non-hydrogen) atoms. The maximum absolute atomic E-state index is 12.3. The Balaban J connectivity index is 1.81. The highest BCUT2D eigenvalue weighted by molar-refractivity contribution is 6.47. The highest BCUT2D eigenvalue weighted by Crippen LogP contribution is 2.63. The summed E-state index contributed by atoms with van der Waals surface area (Å²) in [7, 11) is 0. The molecule has 5 atom stereocenters. The van der Waals surface area contributed by atoms with Gasteiger partial charge in [0.25, 0.3) is 0 Å². The molecule has 2 heteroatoms. The lowest BCUT2D eigenvalue weighted by molar-refractivity contribution is -0.137. The second kappa shape index (κ2) is 4.43. The highest BCUT2D eigenvalue weighted by Gasteiger charge is 2.57. The van der Waals surface area contributed by atoms with Crippen LogP contribution in [0.25, 0.3) is 0 Å². The average molecular weight is 298 g/mol. The van der Waals surface area contributed by atoms with Crippen LogP contribution in [0.15, 0.2) is 23.3 Å². The van der Waals surface area contributed by atoms with E-state index in [4.69, 9.17) is 0 Å². The van der Waals surface area contributed by atoms with Gasteiger partial charge >= 0.3 is 0 Å². The van der Waals surface area contributed by atoms with Crippen LogP contribution >= 0.6 is 0 Å². The Morgan fingerprint density at radius 1 is 1.14 bits per heavy atom. The minimum atomic E-state index is -0.527. The van der Waals surface area contributed by atoms with E-state index in [1.54, 1.807) is 6.08 Å². The van der Waals surface area contributed by atoms with Gasteiger partial charge < -0.3 is 0 Å². The molecule has 0 aliphatic heterocycles. The van der Waals surface area contributed by atoms with Crippen LogP contribution in [0, 0.1) is 28.6 Å². The van der Waals surface area contributed by atoms with Crippen LogP contribution in [-0.2, 0) is 9.59 Å². The Kier molecular flexibility index (Phi) is 2.90. The highest BCUT2D eigenvalue weighted by atomic mass is 16.2. The Morgan fingerprint density at radius 2 is 1.91 bits per heavy atom. The molecule has 2 saturated carbocycles. The molecule has 4 rings (SSSR count). The van der Waals surface area contributed by atoms with Crippen molar-refractivity contribution in [1.29, 1.82) is 0 Å². The summed E-state index contributed by atoms with van der Waals surface area (Å²) in [4.78, 5) is 24.3. The fourth-order valence-corrected chi connectivity index (χ4v) is 6.04. The van der Waals surface area contributed by atoms with E-state index in [0.29, 0.717) is 11.3 Å². The molecule has 2 nitrogen and oxygen atoms in total. The molecule has 0 aromatic heterocycles. The predicted octanol–water partition coefficient (Wildman–Crippen LogP) is 4.25. The van der Waals surface area contributed by atoms with Crippen LogP contribution in [0.5, 0.6) is 0 Å². The molecule has 0 aromatic rings. The summed E-state index contributed by atoms with van der Waals surface area (Å²) in [5.41, 5.74) is 2.23. The lowest BCUT2D eigenvalue weighted by Crippen LogP contribution is -2.49. The Labute approximate surface area is 133 Å². The number of hydrogen-bond acceptors (Lipinski definition) is 2. The first-order valence-electron chi connectivity index (χ1n) is 8.90. The normalized spacial score (nSPS) is 47.3. The molecule has 4 aliphatic carbocycles. The molecular weight excluding hydrogens is 272 g/mol. The molecule has 0 radical (unpaired) electrons. The second-order valence-corrected chi connectivity index (χ2v) is 8.46. The van der Waals surface area contributed by atoms with E-state index in [9.17, 15) is 9.59 Å². The van der Waals surface area contributed by atoms with E-state index in [1.807, 2.05) is 6.92 Å². The van der Waals surface area contributed by atoms with E-state index in [0.717, 1.165) is 36.7 Å². The maximum atomic E-state index is 12.3. The van der Waals surface area contributed by atoms with Gasteiger partial charge in [-0.2, -0.15) is 0 Å². The van der Waals surface area contributed by atoms with E-state index in [-0.39, 0.29) is 11.6 Å². The van der Waals surface area contributed by atoms with Gasteiger partial charge in [-0.05, 0) is 73.0 Å². The standard InChI is InChI=1S/C20H26O2/c1-12-5-4-6-13-7-8-14-15(20(12,13)3)9-10-19(2)16(14)11-17(21)18(19)22/h8,11-13,15H,4-7,9-10H2,1-3H3/t12?,13?,15-,19-,20-/m0/s1. The minimum Gasteiger partial charge on any atom is -0.289 e. The van der Waals surface area contributed by atoms with E-state index in [1.165, 1.54) is 24.8 Å². The molecule has 0 N–H and O–H groups in total. The summed E-state index contributed by atoms with van der Waals surface area (Å²) >= 11 is 0. The monoisotopic (exact) mass is 298 g/mol. The van der Waals surface area contributed by atoms with Gasteiger partial charge in [0.05, 0.1) is 5.41 Å². The van der Waals surface area contributed by atoms with Crippen molar-refractivity contribution in [3.8, 4) is 0 Å². The smallest absolute Gasteiger partial charge is 0.222 e. The van der Waals surface area contributed by atoms with Crippen LogP contribution in [0.3, 0.4) is 0 Å². The van der Waals surface area contributed by atoms with Crippen molar-refractivity contribution in [3.05, 3.63) is 23.3 Å². The summed E-state index contributed by atoms with van der Waals surface area (Å²) in [6.07, 6.45) is 11.1. The van der Waals surface area contributed by atoms with Crippen molar-refractivity contribution in [2.24, 2.45) is 28.6 Å². The van der Waals surface area contributed by atoms with Crippen molar-refractivity contribution in [2.75, 3.05) is 0 Å². The molecule has 0 aromatic carbocycles. The molecule has 0 saturated heterocycles. The summed E-state index contributed by atoms with van der Waals surface area (Å²) in [6, 6.07) is 0. The van der Waals surface area contributed by atoms with Gasteiger partial charge in [0.2, 0.25) is 11.6 Å². The first kappa shape index (κ1) is 14.4. The number of fused-ring (bicyclic) bond motifs is 5. The summed E-state index contributed by atoms with van der Waals surface area (Å²) in [5, 5.41) is 0. The van der Waals surface area contributed by atoms with E-state index >= 15 is 0 Å². The van der Waals surface area contributed by atoms with Crippen molar-refractivity contribution in [2.45, 2.75) is 59.3 Å². The zero-order chi connectivity index (χ0) is 15.7. The topological polar surface area (TPSA) is 34.1 Å². The van der Waals surface area contributed by atoms with Crippen molar-refractivity contribution < 1.29 is 9.59 Å². The van der Waals surface area contributed by atoms with Gasteiger partial charge in [-0.25, -0.2) is 0 Å². The van der Waals surface area contributed by atoms with Crippen LogP contribution in [0.2, 0.25) is 0 Å². The Hall–Kier alpha value is -1.18. The summed E-state index contributed by atoms with van der Waals surface area (Å²) < 4.78 is 0. The lowest BCUT2D eigenvalue weighted by atomic mass is 9.47. The summed E-state index contributed by atoms with van der Waals surface area (Å²) in [5.74, 6) is 1.61. The van der Waals surface area contributed by atoms with Crippen LogP contribution in [0.1, 0.15) is 59.3 Å². The van der Waals surface area contributed by atoms with Gasteiger partial charge in [-0.15, -0.1) is 0 Å². The van der Waals surface area contributed by atoms with Gasteiger partial charge in [0, 0.05) is 0 Å². The van der Waals surface area contributed by atoms with Gasteiger partial charge in [-0.3, -0.25) is 9.59 Å². The molecule has 0 bridgehead atoms. The number of ketones is 2. The fraction of sp³-hybridized carbons (Fsp3) is 0.700. The molecule has 0 spiro atoms. The number of Topliss-reactive ketones (excluding diaryl/α,β-unsaturated/α-hetero) is 1. The zero-order valence-corrected chi connectivity index (χ0v) is 13.9. The zero-order valence-electron chi connectivity index (χ0n) is 13.9. The number of hydrogen-bond donors (Lipinski definition) is 0. The lowest BCUT2D eigenvalue weighted by Gasteiger charge is -2.57. The SMILES string of the molecule is CC1CCCC2CC=C3C4=CC(=O)C(=O)[C@@]4(C)CC[C@@H]3[C@@]12C. The average Bonchev–Trinajstić information content (AvgIpc) is 2.72. The molecule has 0 amide bonds. The third kappa shape index (κ3) is 1.56. The maximum Gasteiger partial charge on any atom is 0.222 e. The van der Waals surface area contributed by atoms with Crippen molar-refractivity contribution >= 4 is 11.6 Å². The first-order valence-corrected chi connectivity index (χ1v) is 8.90. The van der Waals surface area contributed by atoms with Crippen molar-refractivity contribution in [3.63, 3.8) is 0 Å². The van der Waals surface area contributed by atoms with Crippen molar-refractivity contribution in [1.82, 2.24) is 0 Å². The molecule has 2 unspecified atom stereocenters. The number of carbonyl (C=O) groups excluding carboxylic acids is 2. The molecule has 118 valence electrons. The molecule has 2 fully saturated rings. The molecule has 0 heterocycles. The van der Waals surface area contributed by atoms with E-state index in [2.05, 4.69) is 19.9 Å². The van der Waals surface area contributed by atoms with Crippen LogP contribution in [0.4, 0.5) is 0 Å². The quantitative estimate of drug-likeness (QED) is 0.626. The molecule has 4 aliphatic rings. The number of allylic oxidation sites excluding steroid dienone is 4. The van der Waals surface area contributed by atoms with Gasteiger partial charge in [0.1, 0.15) is 0 Å². The minimum absolute atomic E-state index is 0.175. The number of carbonyl (C=O) groups is 2. The van der Waals surface area contributed by atoms with Crippen LogP contribution < -0.4 is 0 Å². The molecular formula is C20H26O2. The second-order valence-electron chi connectivity index (χ2n) is 8.46. The van der Waals surface area contributed by atoms with Crippen LogP contribution in [-0.4, -0.2) is 11.6 Å². The van der Waals surface area contributed by atoms with Gasteiger partial charge in [-0.1, -0.05) is 32.8 Å². The van der Waals surface area contributed by atoms with Gasteiger partial charge in [0.15, 0.2) is 0 Å².